The van der Waals surface area contributed by atoms with Crippen LogP contribution in [0.2, 0.25) is 0 Å². The van der Waals surface area contributed by atoms with Crippen molar-refractivity contribution < 1.29 is 33.4 Å². The Hall–Kier alpha value is -2.92. The summed E-state index contributed by atoms with van der Waals surface area (Å²) in [7, 11) is -2.77. The van der Waals surface area contributed by atoms with Gasteiger partial charge < -0.3 is 0 Å². The van der Waals surface area contributed by atoms with Gasteiger partial charge in [0.05, 0.1) is 5.56 Å². The van der Waals surface area contributed by atoms with Crippen molar-refractivity contribution in [3.05, 3.63) is 124 Å². The number of halogens is 3. The van der Waals surface area contributed by atoms with Gasteiger partial charge in [-0.25, -0.2) is 18.6 Å². The molecule has 41 heavy (non-hydrogen) atoms. The van der Waals surface area contributed by atoms with Crippen molar-refractivity contribution in [2.24, 2.45) is 7.05 Å². The molecule has 0 aliphatic heterocycles. The highest BCUT2D eigenvalue weighted by molar-refractivity contribution is 9.10. The summed E-state index contributed by atoms with van der Waals surface area (Å²) in [5.74, 6) is 0. The van der Waals surface area contributed by atoms with E-state index in [9.17, 15) is 0 Å². The number of thiazole rings is 1. The van der Waals surface area contributed by atoms with E-state index in [0.29, 0.717) is 0 Å². The maximum absolute atomic E-state index is 8.49. The van der Waals surface area contributed by atoms with Crippen molar-refractivity contribution in [1.29, 1.82) is 0 Å². The molecule has 0 N–H and O–H groups in total. The molecule has 0 saturated heterocycles. The first kappa shape index (κ1) is 29.6. The number of hydrogen-bond donors (Lipinski definition) is 0. The summed E-state index contributed by atoms with van der Waals surface area (Å²) in [6.07, 6.45) is 0. The van der Waals surface area contributed by atoms with Crippen molar-refractivity contribution in [3.63, 3.8) is 0 Å². The maximum Gasteiger partial charge on any atom is 0.271 e. The highest BCUT2D eigenvalue weighted by Gasteiger charge is 2.26. The number of rotatable bonds is 4. The lowest BCUT2D eigenvalue weighted by Gasteiger charge is -2.17. The molecule has 0 aliphatic carbocycles. The molecular weight excluding hydrogens is 690 g/mol. The summed E-state index contributed by atoms with van der Waals surface area (Å²) in [5.41, 5.74) is 9.76. The first-order chi connectivity index (χ1) is 19.6. The lowest BCUT2D eigenvalue weighted by atomic mass is 9.88. The molecule has 0 saturated carbocycles. The van der Waals surface area contributed by atoms with Gasteiger partial charge in [-0.3, -0.25) is 0 Å². The number of fused-ring (bicyclic) bond motifs is 1. The van der Waals surface area contributed by atoms with Gasteiger partial charge in [0.1, 0.15) is 11.7 Å². The second-order valence-electron chi connectivity index (χ2n) is 9.14. The molecule has 0 atom stereocenters. The number of hydrogen-bond acceptors (Lipinski definition) is 5. The van der Waals surface area contributed by atoms with E-state index >= 15 is 0 Å². The van der Waals surface area contributed by atoms with Crippen LogP contribution in [0.25, 0.3) is 54.2 Å². The van der Waals surface area contributed by atoms with Gasteiger partial charge in [-0.1, -0.05) is 110 Å². The smallest absolute Gasteiger partial charge is 0.222 e. The van der Waals surface area contributed by atoms with Gasteiger partial charge in [0.25, 0.3) is 5.01 Å². The average molecular weight is 712 g/mol. The summed E-state index contributed by atoms with van der Waals surface area (Å²) in [5, 5.41) is 1.24. The minimum atomic E-state index is -4.94. The van der Waals surface area contributed by atoms with E-state index in [1.54, 1.807) is 0 Å². The minimum Gasteiger partial charge on any atom is -0.222 e. The monoisotopic (exact) mass is 709 g/mol. The Kier molecular flexibility index (Phi) is 9.03. The van der Waals surface area contributed by atoms with Gasteiger partial charge in [-0.2, -0.15) is 4.57 Å². The Morgan fingerprint density at radius 2 is 1.05 bits per heavy atom. The predicted molar refractivity (Wildman–Crippen MR) is 160 cm³/mol. The van der Waals surface area contributed by atoms with Crippen LogP contribution in [0.4, 0.5) is 0 Å². The fraction of sp³-hybridized carbons (Fsp3) is 0.0312. The van der Waals surface area contributed by atoms with Crippen LogP contribution in [0, 0.1) is 10.2 Å². The lowest BCUT2D eigenvalue weighted by Crippen LogP contribution is -2.68. The standard InChI is InChI=1S/C32H22Br2NS.ClHO4/c1-35-29-9-5-6-10-30(29)36-32(35)31-27(22-11-15-25(33)16-12-22)19-24(21-7-3-2-4-8-21)20-28(31)23-13-17-26(34)18-14-23;2-1(3,4)5/h2-20H,1H3;(H,2,3,4,5)/q+1;/p-1. The molecule has 0 spiro atoms. The third-order valence-corrected chi connectivity index (χ3v) is 8.80. The molecule has 0 unspecified atom stereocenters. The van der Waals surface area contributed by atoms with Crippen LogP contribution in [-0.2, 0) is 7.05 Å². The van der Waals surface area contributed by atoms with Crippen LogP contribution in [0.3, 0.4) is 0 Å². The van der Waals surface area contributed by atoms with E-state index in [1.165, 1.54) is 54.2 Å². The first-order valence-electron chi connectivity index (χ1n) is 12.3. The van der Waals surface area contributed by atoms with E-state index in [1.807, 2.05) is 11.3 Å². The average Bonchev–Trinajstić information content (AvgIpc) is 3.29. The molecule has 5 aromatic carbocycles. The quantitative estimate of drug-likeness (QED) is 0.236. The minimum absolute atomic E-state index is 1.08. The van der Waals surface area contributed by atoms with Crippen molar-refractivity contribution in [2.45, 2.75) is 0 Å². The number of aromatic nitrogens is 1. The topological polar surface area (TPSA) is 96.1 Å². The molecular formula is C32H22Br2ClNO4S. The summed E-state index contributed by atoms with van der Waals surface area (Å²) >= 11 is 9.08. The SMILES string of the molecule is C[n+]1c(-c2c(-c3ccc(Br)cc3)cc(-c3ccccc3)cc2-c2ccc(Br)cc2)sc2ccccc21.[O-][Cl+3]([O-])([O-])[O-]. The highest BCUT2D eigenvalue weighted by atomic mass is 79.9. The zero-order valence-electron chi connectivity index (χ0n) is 21.6. The summed E-state index contributed by atoms with van der Waals surface area (Å²) in [6, 6.07) is 41.3. The molecule has 206 valence electrons. The van der Waals surface area contributed by atoms with E-state index in [0.717, 1.165) is 8.95 Å². The predicted octanol–water partition coefficient (Wildman–Crippen LogP) is 5.16. The van der Waals surface area contributed by atoms with E-state index in [2.05, 4.69) is 159 Å². The van der Waals surface area contributed by atoms with E-state index < -0.39 is 10.2 Å². The zero-order valence-corrected chi connectivity index (χ0v) is 26.3. The van der Waals surface area contributed by atoms with Gasteiger partial charge in [-0.15, -0.1) is 10.2 Å². The highest BCUT2D eigenvalue weighted by Crippen LogP contribution is 2.45. The molecule has 0 amide bonds. The van der Waals surface area contributed by atoms with Crippen molar-refractivity contribution in [2.75, 3.05) is 0 Å². The van der Waals surface area contributed by atoms with Crippen LogP contribution in [0.1, 0.15) is 0 Å². The Balaban J connectivity index is 0.000000623. The molecule has 1 aromatic heterocycles. The maximum atomic E-state index is 8.49. The number of benzene rings is 5. The Morgan fingerprint density at radius 3 is 1.54 bits per heavy atom. The zero-order chi connectivity index (χ0) is 29.1. The normalized spacial score (nSPS) is 11.3. The molecule has 0 fully saturated rings. The van der Waals surface area contributed by atoms with Crippen LogP contribution >= 0.6 is 43.2 Å². The summed E-state index contributed by atoms with van der Waals surface area (Å²) in [4.78, 5) is 0. The number of nitrogens with zero attached hydrogens (tertiary/aromatic N) is 1. The fourth-order valence-electron chi connectivity index (χ4n) is 4.71. The summed E-state index contributed by atoms with van der Waals surface area (Å²) < 4.78 is 39.7. The number of para-hydroxylation sites is 1. The molecule has 5 nitrogen and oxygen atoms in total. The molecule has 6 rings (SSSR count). The lowest BCUT2D eigenvalue weighted by molar-refractivity contribution is -2.00. The Morgan fingerprint density at radius 1 is 0.585 bits per heavy atom. The van der Waals surface area contributed by atoms with Gasteiger partial charge in [0, 0.05) is 15.0 Å². The largest absolute Gasteiger partial charge is 0.271 e. The van der Waals surface area contributed by atoms with Crippen LogP contribution in [0.15, 0.2) is 124 Å². The van der Waals surface area contributed by atoms with Crippen molar-refractivity contribution in [1.82, 2.24) is 0 Å². The van der Waals surface area contributed by atoms with Gasteiger partial charge in [0.2, 0.25) is 5.52 Å². The molecule has 9 heteroatoms. The van der Waals surface area contributed by atoms with Gasteiger partial charge in [0.15, 0.2) is 0 Å². The van der Waals surface area contributed by atoms with Crippen LogP contribution in [0.5, 0.6) is 0 Å². The van der Waals surface area contributed by atoms with Gasteiger partial charge in [-0.05, 0) is 75.8 Å². The van der Waals surface area contributed by atoms with Crippen LogP contribution in [-0.4, -0.2) is 0 Å². The third kappa shape index (κ3) is 7.12. The van der Waals surface area contributed by atoms with Crippen molar-refractivity contribution in [3.8, 4) is 44.0 Å². The molecule has 0 radical (unpaired) electrons. The van der Waals surface area contributed by atoms with Gasteiger partial charge >= 0.3 is 0 Å². The molecule has 0 bridgehead atoms. The number of aryl methyl sites for hydroxylation is 1. The Labute approximate surface area is 260 Å². The molecule has 6 aromatic rings. The fourth-order valence-corrected chi connectivity index (χ4v) is 6.46. The molecule has 0 aliphatic rings. The first-order valence-corrected chi connectivity index (χ1v) is 16.0. The van der Waals surface area contributed by atoms with Crippen LogP contribution < -0.4 is 23.2 Å². The summed E-state index contributed by atoms with van der Waals surface area (Å²) in [6.45, 7) is 0. The second-order valence-corrected chi connectivity index (χ2v) is 12.8. The third-order valence-electron chi connectivity index (χ3n) is 6.51. The van der Waals surface area contributed by atoms with Crippen molar-refractivity contribution >= 4 is 53.4 Å². The van der Waals surface area contributed by atoms with E-state index in [-0.39, 0.29) is 0 Å². The molecule has 1 heterocycles. The van der Waals surface area contributed by atoms with E-state index in [4.69, 9.17) is 18.6 Å². The second kappa shape index (κ2) is 12.5. The Bertz CT molecular complexity index is 1730.